The summed E-state index contributed by atoms with van der Waals surface area (Å²) < 4.78 is 41.7. The maximum atomic E-state index is 13.1. The molecule has 0 atom stereocenters. The van der Waals surface area contributed by atoms with Gasteiger partial charge in [-0.2, -0.15) is 10.2 Å². The lowest BCUT2D eigenvalue weighted by molar-refractivity contribution is -0.386. The van der Waals surface area contributed by atoms with Crippen molar-refractivity contribution in [2.24, 2.45) is 0 Å². The van der Waals surface area contributed by atoms with Gasteiger partial charge in [0.15, 0.2) is 0 Å². The molecule has 9 nitrogen and oxygen atoms in total. The summed E-state index contributed by atoms with van der Waals surface area (Å²) in [6.07, 6.45) is -3.14. The van der Waals surface area contributed by atoms with Gasteiger partial charge < -0.3 is 5.32 Å². The molecule has 3 aromatic rings. The number of carbonyl (C=O) groups excluding carboxylic acids is 1. The van der Waals surface area contributed by atoms with Crippen molar-refractivity contribution >= 4 is 17.3 Å². The number of nitrogens with one attached hydrogen (secondary N) is 1. The summed E-state index contributed by atoms with van der Waals surface area (Å²) in [4.78, 5) is 22.6. The molecule has 164 valence electrons. The van der Waals surface area contributed by atoms with Gasteiger partial charge in [-0.05, 0) is 38.5 Å². The van der Waals surface area contributed by atoms with Crippen molar-refractivity contribution in [3.8, 4) is 0 Å². The Morgan fingerprint density at radius 2 is 1.77 bits per heavy atom. The molecule has 2 aromatic heterocycles. The highest BCUT2D eigenvalue weighted by atomic mass is 19.3. The molecule has 3 rings (SSSR count). The molecule has 0 saturated heterocycles. The smallest absolute Gasteiger partial charge is 0.319 e. The Labute approximate surface area is 174 Å². The average molecular weight is 436 g/mol. The molecule has 2 heterocycles. The van der Waals surface area contributed by atoms with E-state index in [-0.39, 0.29) is 11.5 Å². The first-order valence-electron chi connectivity index (χ1n) is 9.16. The molecule has 12 heteroatoms. The van der Waals surface area contributed by atoms with E-state index in [0.717, 1.165) is 10.2 Å². The fourth-order valence-electron chi connectivity index (χ4n) is 3.20. The van der Waals surface area contributed by atoms with E-state index in [1.54, 1.807) is 30.7 Å². The van der Waals surface area contributed by atoms with Crippen molar-refractivity contribution in [2.45, 2.75) is 40.3 Å². The summed E-state index contributed by atoms with van der Waals surface area (Å²) in [6.45, 7) is 4.54. The second kappa shape index (κ2) is 8.58. The average Bonchev–Trinajstić information content (AvgIpc) is 3.15. The molecular weight excluding hydrogens is 417 g/mol. The van der Waals surface area contributed by atoms with E-state index in [9.17, 15) is 28.1 Å². The molecule has 1 N–H and O–H groups in total. The zero-order chi connectivity index (χ0) is 22.9. The van der Waals surface area contributed by atoms with E-state index in [2.05, 4.69) is 15.5 Å². The number of hydrogen-bond acceptors (Lipinski definition) is 5. The van der Waals surface area contributed by atoms with Crippen LogP contribution in [0.25, 0.3) is 0 Å². The van der Waals surface area contributed by atoms with Gasteiger partial charge in [-0.25, -0.2) is 13.2 Å². The highest BCUT2D eigenvalue weighted by molar-refractivity contribution is 5.91. The lowest BCUT2D eigenvalue weighted by atomic mass is 10.2. The Kier molecular flexibility index (Phi) is 6.09. The van der Waals surface area contributed by atoms with Gasteiger partial charge in [-0.15, -0.1) is 0 Å². The number of aromatic nitrogens is 4. The number of nitro groups is 1. The van der Waals surface area contributed by atoms with Crippen molar-refractivity contribution in [1.29, 1.82) is 0 Å². The first kappa shape index (κ1) is 22.0. The topological polar surface area (TPSA) is 108 Å². The third-order valence-corrected chi connectivity index (χ3v) is 4.78. The number of amides is 1. The van der Waals surface area contributed by atoms with Crippen LogP contribution in [0.5, 0.6) is 0 Å². The third kappa shape index (κ3) is 4.57. The predicted octanol–water partition coefficient (Wildman–Crippen LogP) is 3.68. The van der Waals surface area contributed by atoms with Crippen LogP contribution in [-0.2, 0) is 17.9 Å². The highest BCUT2D eigenvalue weighted by Crippen LogP contribution is 2.31. The summed E-state index contributed by atoms with van der Waals surface area (Å²) >= 11 is 0. The number of benzene rings is 1. The van der Waals surface area contributed by atoms with Crippen molar-refractivity contribution in [1.82, 2.24) is 19.6 Å². The van der Waals surface area contributed by atoms with E-state index in [4.69, 9.17) is 0 Å². The Morgan fingerprint density at radius 1 is 1.13 bits per heavy atom. The van der Waals surface area contributed by atoms with Crippen molar-refractivity contribution in [3.63, 3.8) is 0 Å². The number of alkyl halides is 2. The van der Waals surface area contributed by atoms with Crippen molar-refractivity contribution in [3.05, 3.63) is 68.5 Å². The van der Waals surface area contributed by atoms with Crippen LogP contribution in [0.4, 0.5) is 24.5 Å². The quantitative estimate of drug-likeness (QED) is 0.449. The van der Waals surface area contributed by atoms with E-state index in [1.165, 1.54) is 19.1 Å². The summed E-state index contributed by atoms with van der Waals surface area (Å²) in [5.74, 6) is -0.955. The van der Waals surface area contributed by atoms with Crippen LogP contribution in [0, 0.1) is 36.7 Å². The number of nitrogens with zero attached hydrogens (tertiary/aromatic N) is 5. The molecule has 0 fully saturated rings. The molecule has 0 spiro atoms. The van der Waals surface area contributed by atoms with Gasteiger partial charge in [0.05, 0.1) is 28.5 Å². The van der Waals surface area contributed by atoms with E-state index in [0.29, 0.717) is 23.6 Å². The van der Waals surface area contributed by atoms with Crippen molar-refractivity contribution in [2.75, 3.05) is 5.32 Å². The minimum absolute atomic E-state index is 0.143. The monoisotopic (exact) mass is 436 g/mol. The van der Waals surface area contributed by atoms with Gasteiger partial charge >= 0.3 is 5.69 Å². The van der Waals surface area contributed by atoms with Crippen LogP contribution >= 0.6 is 0 Å². The molecule has 0 aliphatic carbocycles. The van der Waals surface area contributed by atoms with Crippen LogP contribution < -0.4 is 5.32 Å². The number of anilines is 1. The Balaban J connectivity index is 1.78. The SMILES string of the molecule is Cc1nn(Cc2ccc(F)cc2)c(C)c1NC(=O)Cn1nc(C(F)F)c([N+](=O)[O-])c1C. The van der Waals surface area contributed by atoms with Crippen LogP contribution in [0.15, 0.2) is 24.3 Å². The Bertz CT molecular complexity index is 1140. The van der Waals surface area contributed by atoms with Gasteiger partial charge in [-0.1, -0.05) is 12.1 Å². The normalized spacial score (nSPS) is 11.2. The molecule has 0 aliphatic heterocycles. The van der Waals surface area contributed by atoms with Crippen LogP contribution in [-0.4, -0.2) is 30.4 Å². The first-order valence-corrected chi connectivity index (χ1v) is 9.16. The van der Waals surface area contributed by atoms with E-state index >= 15 is 0 Å². The number of aryl methyl sites for hydroxylation is 1. The number of carbonyl (C=O) groups is 1. The van der Waals surface area contributed by atoms with Crippen LogP contribution in [0.1, 0.15) is 34.8 Å². The first-order chi connectivity index (χ1) is 14.6. The molecule has 0 radical (unpaired) electrons. The van der Waals surface area contributed by atoms with Gasteiger partial charge in [0, 0.05) is 0 Å². The molecule has 0 unspecified atom stereocenters. The Morgan fingerprint density at radius 3 is 2.32 bits per heavy atom. The minimum atomic E-state index is -3.14. The highest BCUT2D eigenvalue weighted by Gasteiger charge is 2.31. The standard InChI is InChI=1S/C19H19F3N6O3/c1-10-16(11(2)26(24-10)8-13-4-6-14(20)7-5-13)23-15(29)9-27-12(3)18(28(30)31)17(25-27)19(21)22/h4-7,19H,8-9H2,1-3H3,(H,23,29). The fourth-order valence-corrected chi connectivity index (χ4v) is 3.20. The molecule has 0 saturated carbocycles. The van der Waals surface area contributed by atoms with Gasteiger partial charge in [0.1, 0.15) is 18.1 Å². The number of halogens is 3. The lowest BCUT2D eigenvalue weighted by Gasteiger charge is -2.08. The minimum Gasteiger partial charge on any atom is -0.321 e. The molecule has 0 aliphatic rings. The predicted molar refractivity (Wildman–Crippen MR) is 104 cm³/mol. The van der Waals surface area contributed by atoms with E-state index in [1.807, 2.05) is 0 Å². The zero-order valence-corrected chi connectivity index (χ0v) is 16.9. The van der Waals surface area contributed by atoms with Crippen LogP contribution in [0.3, 0.4) is 0 Å². The largest absolute Gasteiger partial charge is 0.321 e. The molecule has 1 amide bonds. The zero-order valence-electron chi connectivity index (χ0n) is 16.9. The number of rotatable bonds is 7. The maximum Gasteiger partial charge on any atom is 0.319 e. The maximum absolute atomic E-state index is 13.1. The second-order valence-corrected chi connectivity index (χ2v) is 6.91. The summed E-state index contributed by atoms with van der Waals surface area (Å²) in [5, 5.41) is 21.6. The molecular formula is C19H19F3N6O3. The van der Waals surface area contributed by atoms with Gasteiger partial charge in [0.25, 0.3) is 6.43 Å². The van der Waals surface area contributed by atoms with Gasteiger partial charge in [-0.3, -0.25) is 24.3 Å². The summed E-state index contributed by atoms with van der Waals surface area (Å²) in [7, 11) is 0. The fraction of sp³-hybridized carbons (Fsp3) is 0.316. The second-order valence-electron chi connectivity index (χ2n) is 6.91. The van der Waals surface area contributed by atoms with Gasteiger partial charge in [0.2, 0.25) is 11.6 Å². The molecule has 0 bridgehead atoms. The van der Waals surface area contributed by atoms with Crippen LogP contribution in [0.2, 0.25) is 0 Å². The third-order valence-electron chi connectivity index (χ3n) is 4.78. The molecule has 1 aromatic carbocycles. The number of hydrogen-bond donors (Lipinski definition) is 1. The Hall–Kier alpha value is -3.70. The summed E-state index contributed by atoms with van der Waals surface area (Å²) in [6, 6.07) is 5.92. The van der Waals surface area contributed by atoms with Crippen molar-refractivity contribution < 1.29 is 22.9 Å². The molecule has 31 heavy (non-hydrogen) atoms. The summed E-state index contributed by atoms with van der Waals surface area (Å²) in [5.41, 5.74) is 0.466. The lowest BCUT2D eigenvalue weighted by Crippen LogP contribution is -2.21. The van der Waals surface area contributed by atoms with E-state index < -0.39 is 35.2 Å².